The first-order valence-electron chi connectivity index (χ1n) is 11.2. The van der Waals surface area contributed by atoms with Crippen LogP contribution in [0, 0.1) is 10.1 Å². The van der Waals surface area contributed by atoms with Crippen molar-refractivity contribution < 1.29 is 24.0 Å². The van der Waals surface area contributed by atoms with E-state index in [1.54, 1.807) is 36.4 Å². The molecule has 0 unspecified atom stereocenters. The van der Waals surface area contributed by atoms with Gasteiger partial charge in [0.05, 0.1) is 4.92 Å². The second-order valence-corrected chi connectivity index (χ2v) is 7.74. The highest BCUT2D eigenvalue weighted by atomic mass is 16.6. The summed E-state index contributed by atoms with van der Waals surface area (Å²) in [6.45, 7) is 0.334. The maximum absolute atomic E-state index is 12.8. The minimum atomic E-state index is -0.594. The standard InChI is InChI=1S/C27H25N3O6/c31-25(36-19-20-9-3-1-4-10-20)15-8-16-28-27(33)24(29-26(32)22-12-5-2-6-13-22)18-21-11-7-14-23(17-21)30(34)35/h1-7,9-14,17-18H,8,15-16,19H2,(H,28,33)(H,29,32)/b24-18-. The summed E-state index contributed by atoms with van der Waals surface area (Å²) < 4.78 is 5.22. The van der Waals surface area contributed by atoms with Crippen LogP contribution >= 0.6 is 0 Å². The van der Waals surface area contributed by atoms with Crippen LogP contribution in [-0.4, -0.2) is 29.3 Å². The minimum Gasteiger partial charge on any atom is -0.461 e. The molecule has 3 aromatic carbocycles. The van der Waals surface area contributed by atoms with Gasteiger partial charge in [-0.25, -0.2) is 0 Å². The highest BCUT2D eigenvalue weighted by molar-refractivity contribution is 6.05. The highest BCUT2D eigenvalue weighted by Gasteiger charge is 2.15. The molecule has 2 amide bonds. The molecule has 0 aliphatic heterocycles. The van der Waals surface area contributed by atoms with E-state index in [1.807, 2.05) is 30.3 Å². The van der Waals surface area contributed by atoms with Gasteiger partial charge in [0.2, 0.25) is 0 Å². The predicted molar refractivity (Wildman–Crippen MR) is 133 cm³/mol. The van der Waals surface area contributed by atoms with Gasteiger partial charge >= 0.3 is 5.97 Å². The first-order chi connectivity index (χ1) is 17.4. The van der Waals surface area contributed by atoms with E-state index in [2.05, 4.69) is 10.6 Å². The van der Waals surface area contributed by atoms with Crippen molar-refractivity contribution in [3.63, 3.8) is 0 Å². The Kier molecular flexibility index (Phi) is 9.46. The van der Waals surface area contributed by atoms with Crippen LogP contribution in [0.2, 0.25) is 0 Å². The lowest BCUT2D eigenvalue weighted by Gasteiger charge is -2.11. The molecule has 0 saturated carbocycles. The lowest BCUT2D eigenvalue weighted by atomic mass is 10.1. The van der Waals surface area contributed by atoms with Gasteiger partial charge < -0.3 is 15.4 Å². The number of hydrogen-bond donors (Lipinski definition) is 2. The number of benzene rings is 3. The van der Waals surface area contributed by atoms with Crippen molar-refractivity contribution in [1.82, 2.24) is 10.6 Å². The first kappa shape index (κ1) is 25.8. The van der Waals surface area contributed by atoms with Crippen LogP contribution in [0.5, 0.6) is 0 Å². The van der Waals surface area contributed by atoms with Gasteiger partial charge in [0.15, 0.2) is 0 Å². The minimum absolute atomic E-state index is 0.0870. The molecule has 0 fully saturated rings. The quantitative estimate of drug-likeness (QED) is 0.138. The van der Waals surface area contributed by atoms with Gasteiger partial charge in [-0.2, -0.15) is 0 Å². The van der Waals surface area contributed by atoms with E-state index in [1.165, 1.54) is 24.3 Å². The Balaban J connectivity index is 1.60. The fourth-order valence-corrected chi connectivity index (χ4v) is 3.18. The van der Waals surface area contributed by atoms with Gasteiger partial charge in [0.25, 0.3) is 17.5 Å². The second-order valence-electron chi connectivity index (χ2n) is 7.74. The van der Waals surface area contributed by atoms with Gasteiger partial charge in [0, 0.05) is 30.7 Å². The van der Waals surface area contributed by atoms with E-state index in [9.17, 15) is 24.5 Å². The first-order valence-corrected chi connectivity index (χ1v) is 11.2. The molecule has 2 N–H and O–H groups in total. The van der Waals surface area contributed by atoms with Crippen molar-refractivity contribution in [2.45, 2.75) is 19.4 Å². The van der Waals surface area contributed by atoms with Crippen LogP contribution in [0.15, 0.2) is 90.6 Å². The summed E-state index contributed by atoms with van der Waals surface area (Å²) >= 11 is 0. The molecule has 9 nitrogen and oxygen atoms in total. The Morgan fingerprint density at radius 3 is 2.31 bits per heavy atom. The van der Waals surface area contributed by atoms with Gasteiger partial charge in [-0.1, -0.05) is 60.7 Å². The number of carbonyl (C=O) groups is 3. The summed E-state index contributed by atoms with van der Waals surface area (Å²) in [5.74, 6) is -1.49. The van der Waals surface area contributed by atoms with E-state index in [0.717, 1.165) is 5.56 Å². The number of non-ortho nitro benzene ring substituents is 1. The monoisotopic (exact) mass is 487 g/mol. The fourth-order valence-electron chi connectivity index (χ4n) is 3.18. The molecule has 0 bridgehead atoms. The van der Waals surface area contributed by atoms with Crippen LogP contribution in [0.25, 0.3) is 6.08 Å². The second kappa shape index (κ2) is 13.2. The van der Waals surface area contributed by atoms with Crippen molar-refractivity contribution in [3.05, 3.63) is 117 Å². The van der Waals surface area contributed by atoms with Crippen LogP contribution in [0.4, 0.5) is 5.69 Å². The fraction of sp³-hybridized carbons (Fsp3) is 0.148. The zero-order valence-electron chi connectivity index (χ0n) is 19.4. The van der Waals surface area contributed by atoms with E-state index in [4.69, 9.17) is 4.74 Å². The largest absolute Gasteiger partial charge is 0.461 e. The molecule has 36 heavy (non-hydrogen) atoms. The summed E-state index contributed by atoms with van der Waals surface area (Å²) in [6.07, 6.45) is 1.79. The number of carbonyl (C=O) groups excluding carboxylic acids is 3. The molecule has 3 rings (SSSR count). The predicted octanol–water partition coefficient (Wildman–Crippen LogP) is 4.01. The molecular weight excluding hydrogens is 462 g/mol. The topological polar surface area (TPSA) is 128 Å². The molecule has 0 heterocycles. The van der Waals surface area contributed by atoms with Crippen molar-refractivity contribution in [2.75, 3.05) is 6.54 Å². The number of nitro benzene ring substituents is 1. The lowest BCUT2D eigenvalue weighted by molar-refractivity contribution is -0.384. The van der Waals surface area contributed by atoms with Crippen LogP contribution in [-0.2, 0) is 20.9 Å². The summed E-state index contributed by atoms with van der Waals surface area (Å²) in [7, 11) is 0. The number of esters is 1. The normalized spacial score (nSPS) is 10.8. The molecule has 0 spiro atoms. The number of amides is 2. The Bertz CT molecular complexity index is 1240. The molecule has 0 aliphatic rings. The number of rotatable bonds is 11. The summed E-state index contributed by atoms with van der Waals surface area (Å²) in [5, 5.41) is 16.3. The summed E-state index contributed by atoms with van der Waals surface area (Å²) in [4.78, 5) is 48.0. The van der Waals surface area contributed by atoms with Crippen molar-refractivity contribution in [2.24, 2.45) is 0 Å². The SMILES string of the molecule is O=C(CCCNC(=O)/C(=C/c1cccc([N+](=O)[O-])c1)NC(=O)c1ccccc1)OCc1ccccc1. The zero-order chi connectivity index (χ0) is 25.8. The average molecular weight is 488 g/mol. The number of hydrogen-bond acceptors (Lipinski definition) is 6. The maximum atomic E-state index is 12.8. The molecule has 0 saturated heterocycles. The van der Waals surface area contributed by atoms with Crippen LogP contribution in [0.3, 0.4) is 0 Å². The van der Waals surface area contributed by atoms with Gasteiger partial charge in [-0.05, 0) is 35.8 Å². The van der Waals surface area contributed by atoms with E-state index >= 15 is 0 Å². The van der Waals surface area contributed by atoms with Crippen molar-refractivity contribution >= 4 is 29.5 Å². The third kappa shape index (κ3) is 8.21. The van der Waals surface area contributed by atoms with Gasteiger partial charge in [-0.15, -0.1) is 0 Å². The van der Waals surface area contributed by atoms with Gasteiger partial charge in [-0.3, -0.25) is 24.5 Å². The maximum Gasteiger partial charge on any atom is 0.306 e. The van der Waals surface area contributed by atoms with Crippen LogP contribution in [0.1, 0.15) is 34.3 Å². The Morgan fingerprint density at radius 2 is 1.61 bits per heavy atom. The number of nitrogens with zero attached hydrogens (tertiary/aromatic N) is 1. The van der Waals surface area contributed by atoms with Crippen molar-refractivity contribution in [3.8, 4) is 0 Å². The molecule has 0 radical (unpaired) electrons. The average Bonchev–Trinajstić information content (AvgIpc) is 2.90. The molecule has 3 aromatic rings. The van der Waals surface area contributed by atoms with E-state index < -0.39 is 22.7 Å². The van der Waals surface area contributed by atoms with Crippen molar-refractivity contribution in [1.29, 1.82) is 0 Å². The lowest BCUT2D eigenvalue weighted by Crippen LogP contribution is -2.35. The molecule has 184 valence electrons. The number of ether oxygens (including phenoxy) is 1. The third-order valence-corrected chi connectivity index (χ3v) is 5.01. The molecule has 0 aliphatic carbocycles. The van der Waals surface area contributed by atoms with E-state index in [-0.39, 0.29) is 31.0 Å². The molecule has 0 aromatic heterocycles. The zero-order valence-corrected chi connectivity index (χ0v) is 19.4. The Hall–Kier alpha value is -4.79. The third-order valence-electron chi connectivity index (χ3n) is 5.01. The summed E-state index contributed by atoms with van der Waals surface area (Å²) in [5.41, 5.74) is 1.36. The van der Waals surface area contributed by atoms with Crippen LogP contribution < -0.4 is 10.6 Å². The molecule has 0 atom stereocenters. The Labute approximate surface area is 207 Å². The highest BCUT2D eigenvalue weighted by Crippen LogP contribution is 2.15. The number of nitro groups is 1. The van der Waals surface area contributed by atoms with E-state index in [0.29, 0.717) is 17.5 Å². The Morgan fingerprint density at radius 1 is 0.917 bits per heavy atom. The number of nitrogens with one attached hydrogen (secondary N) is 2. The smallest absolute Gasteiger partial charge is 0.306 e. The molecule has 9 heteroatoms. The molecular formula is C27H25N3O6. The summed E-state index contributed by atoms with van der Waals surface area (Å²) in [6, 6.07) is 23.3. The van der Waals surface area contributed by atoms with Gasteiger partial charge in [0.1, 0.15) is 12.3 Å².